The molecule has 0 unspecified atom stereocenters. The Bertz CT molecular complexity index is 680. The van der Waals surface area contributed by atoms with Gasteiger partial charge in [-0.15, -0.1) is 0 Å². The van der Waals surface area contributed by atoms with Crippen LogP contribution in [0.5, 0.6) is 0 Å². The van der Waals surface area contributed by atoms with Crippen molar-refractivity contribution in [3.63, 3.8) is 0 Å². The molecule has 1 aromatic carbocycles. The molecule has 120 valence electrons. The van der Waals surface area contributed by atoms with E-state index in [0.717, 1.165) is 29.3 Å². The SMILES string of the molecule is CN(C(=O)C1(c2ccc(Br)cc2)CCC1)[C@H]1CCS(=O)(=O)C1. The fourth-order valence-electron chi connectivity index (χ4n) is 3.51. The molecule has 1 aromatic rings. The minimum absolute atomic E-state index is 0.0724. The minimum atomic E-state index is -2.98. The highest BCUT2D eigenvalue weighted by molar-refractivity contribution is 9.10. The van der Waals surface area contributed by atoms with E-state index in [4.69, 9.17) is 0 Å². The molecule has 3 rings (SSSR count). The lowest BCUT2D eigenvalue weighted by Crippen LogP contribution is -2.53. The third kappa shape index (κ3) is 2.71. The molecule has 1 aliphatic heterocycles. The van der Waals surface area contributed by atoms with E-state index >= 15 is 0 Å². The van der Waals surface area contributed by atoms with Gasteiger partial charge in [0, 0.05) is 17.6 Å². The van der Waals surface area contributed by atoms with Gasteiger partial charge >= 0.3 is 0 Å². The van der Waals surface area contributed by atoms with Crippen molar-refractivity contribution >= 4 is 31.7 Å². The number of likely N-dealkylation sites (N-methyl/N-ethyl adjacent to an activating group) is 1. The van der Waals surface area contributed by atoms with Crippen molar-refractivity contribution in [2.45, 2.75) is 37.1 Å². The topological polar surface area (TPSA) is 54.5 Å². The number of rotatable bonds is 3. The van der Waals surface area contributed by atoms with E-state index in [2.05, 4.69) is 15.9 Å². The maximum atomic E-state index is 13.1. The normalized spacial score (nSPS) is 25.5. The van der Waals surface area contributed by atoms with E-state index in [0.29, 0.717) is 6.42 Å². The molecule has 4 nitrogen and oxygen atoms in total. The van der Waals surface area contributed by atoms with Crippen molar-refractivity contribution in [1.29, 1.82) is 0 Å². The lowest BCUT2D eigenvalue weighted by molar-refractivity contribution is -0.141. The molecule has 2 fully saturated rings. The number of halogens is 1. The Morgan fingerprint density at radius 2 is 1.91 bits per heavy atom. The molecule has 0 N–H and O–H groups in total. The number of benzene rings is 1. The maximum absolute atomic E-state index is 13.1. The molecular formula is C16H20BrNO3S. The highest BCUT2D eigenvalue weighted by Gasteiger charge is 2.48. The lowest BCUT2D eigenvalue weighted by atomic mass is 9.63. The van der Waals surface area contributed by atoms with Gasteiger partial charge in [-0.25, -0.2) is 8.42 Å². The van der Waals surface area contributed by atoms with Gasteiger partial charge in [0.25, 0.3) is 0 Å². The van der Waals surface area contributed by atoms with Gasteiger partial charge in [-0.1, -0.05) is 34.5 Å². The van der Waals surface area contributed by atoms with Gasteiger partial charge in [0.1, 0.15) is 0 Å². The molecule has 2 aliphatic rings. The number of sulfone groups is 1. The van der Waals surface area contributed by atoms with E-state index < -0.39 is 15.3 Å². The minimum Gasteiger partial charge on any atom is -0.341 e. The Morgan fingerprint density at radius 1 is 1.27 bits per heavy atom. The molecule has 1 atom stereocenters. The summed E-state index contributed by atoms with van der Waals surface area (Å²) in [6.45, 7) is 0. The Labute approximate surface area is 139 Å². The van der Waals surface area contributed by atoms with E-state index in [1.165, 1.54) is 0 Å². The monoisotopic (exact) mass is 385 g/mol. The van der Waals surface area contributed by atoms with Gasteiger partial charge in [0.15, 0.2) is 9.84 Å². The highest BCUT2D eigenvalue weighted by Crippen LogP contribution is 2.45. The Morgan fingerprint density at radius 3 is 2.36 bits per heavy atom. The maximum Gasteiger partial charge on any atom is 0.233 e. The van der Waals surface area contributed by atoms with Gasteiger partial charge in [0.2, 0.25) is 5.91 Å². The first-order chi connectivity index (χ1) is 10.3. The second-order valence-electron chi connectivity index (χ2n) is 6.42. The molecule has 1 heterocycles. The van der Waals surface area contributed by atoms with Crippen molar-refractivity contribution in [2.24, 2.45) is 0 Å². The molecule has 0 radical (unpaired) electrons. The summed E-state index contributed by atoms with van der Waals surface area (Å²) in [7, 11) is -1.22. The van der Waals surface area contributed by atoms with Crippen LogP contribution < -0.4 is 0 Å². The highest BCUT2D eigenvalue weighted by atomic mass is 79.9. The van der Waals surface area contributed by atoms with Crippen LogP contribution in [0.4, 0.5) is 0 Å². The first-order valence-electron chi connectivity index (χ1n) is 7.58. The predicted octanol–water partition coefficient (Wildman–Crippen LogP) is 2.52. The zero-order valence-electron chi connectivity index (χ0n) is 12.6. The van der Waals surface area contributed by atoms with Crippen molar-refractivity contribution in [2.75, 3.05) is 18.6 Å². The van der Waals surface area contributed by atoms with Gasteiger partial charge in [-0.05, 0) is 37.0 Å². The molecule has 0 bridgehead atoms. The lowest BCUT2D eigenvalue weighted by Gasteiger charge is -2.44. The van der Waals surface area contributed by atoms with Crippen LogP contribution in [0, 0.1) is 0 Å². The average molecular weight is 386 g/mol. The van der Waals surface area contributed by atoms with Crippen molar-refractivity contribution in [1.82, 2.24) is 4.90 Å². The van der Waals surface area contributed by atoms with Gasteiger partial charge in [-0.3, -0.25) is 4.79 Å². The van der Waals surface area contributed by atoms with E-state index in [1.54, 1.807) is 11.9 Å². The van der Waals surface area contributed by atoms with Crippen LogP contribution in [0.15, 0.2) is 28.7 Å². The number of amides is 1. The third-order valence-electron chi connectivity index (χ3n) is 5.09. The first kappa shape index (κ1) is 16.0. The standard InChI is InChI=1S/C16H20BrNO3S/c1-18(14-7-10-22(20,21)11-14)15(19)16(8-2-9-16)12-3-5-13(17)6-4-12/h3-6,14H,2,7-11H2,1H3/t14-/m0/s1. The van der Waals surface area contributed by atoms with E-state index in [9.17, 15) is 13.2 Å². The largest absolute Gasteiger partial charge is 0.341 e. The Balaban J connectivity index is 1.84. The summed E-state index contributed by atoms with van der Waals surface area (Å²) in [5, 5.41) is 0. The van der Waals surface area contributed by atoms with Gasteiger partial charge in [-0.2, -0.15) is 0 Å². The summed E-state index contributed by atoms with van der Waals surface area (Å²) in [4.78, 5) is 14.7. The van der Waals surface area contributed by atoms with Gasteiger partial charge < -0.3 is 4.90 Å². The molecule has 6 heteroatoms. The summed E-state index contributed by atoms with van der Waals surface area (Å²) >= 11 is 3.42. The van der Waals surface area contributed by atoms with Crippen LogP contribution in [-0.4, -0.2) is 43.8 Å². The second-order valence-corrected chi connectivity index (χ2v) is 9.56. The average Bonchev–Trinajstić information content (AvgIpc) is 2.79. The van der Waals surface area contributed by atoms with Crippen LogP contribution in [-0.2, 0) is 20.0 Å². The van der Waals surface area contributed by atoms with Crippen LogP contribution in [0.2, 0.25) is 0 Å². The summed E-state index contributed by atoms with van der Waals surface area (Å²) in [6.07, 6.45) is 3.29. The number of hydrogen-bond donors (Lipinski definition) is 0. The molecule has 1 amide bonds. The Kier molecular flexibility index (Phi) is 4.10. The molecular weight excluding hydrogens is 366 g/mol. The van der Waals surface area contributed by atoms with Crippen molar-refractivity contribution < 1.29 is 13.2 Å². The number of nitrogens with zero attached hydrogens (tertiary/aromatic N) is 1. The molecule has 1 saturated carbocycles. The number of carbonyl (C=O) groups is 1. The fraction of sp³-hybridized carbons (Fsp3) is 0.562. The fourth-order valence-corrected chi connectivity index (χ4v) is 5.55. The zero-order valence-corrected chi connectivity index (χ0v) is 15.0. The Hall–Kier alpha value is -0.880. The van der Waals surface area contributed by atoms with Crippen molar-refractivity contribution in [3.05, 3.63) is 34.3 Å². The van der Waals surface area contributed by atoms with E-state index in [1.807, 2.05) is 24.3 Å². The quantitative estimate of drug-likeness (QED) is 0.802. The predicted molar refractivity (Wildman–Crippen MR) is 89.5 cm³/mol. The molecule has 1 saturated heterocycles. The van der Waals surface area contributed by atoms with Crippen LogP contribution in [0.25, 0.3) is 0 Å². The zero-order chi connectivity index (χ0) is 16.0. The van der Waals surface area contributed by atoms with Crippen LogP contribution >= 0.6 is 15.9 Å². The van der Waals surface area contributed by atoms with Gasteiger partial charge in [0.05, 0.1) is 16.9 Å². The molecule has 0 spiro atoms. The molecule has 0 aromatic heterocycles. The smallest absolute Gasteiger partial charge is 0.233 e. The third-order valence-corrected chi connectivity index (χ3v) is 7.37. The second kappa shape index (κ2) is 5.64. The summed E-state index contributed by atoms with van der Waals surface area (Å²) < 4.78 is 24.3. The van der Waals surface area contributed by atoms with Crippen molar-refractivity contribution in [3.8, 4) is 0 Å². The summed E-state index contributed by atoms with van der Waals surface area (Å²) in [5.74, 6) is 0.370. The first-order valence-corrected chi connectivity index (χ1v) is 10.2. The van der Waals surface area contributed by atoms with Crippen LogP contribution in [0.1, 0.15) is 31.2 Å². The summed E-state index contributed by atoms with van der Waals surface area (Å²) in [6, 6.07) is 7.75. The number of carbonyl (C=O) groups excluding carboxylic acids is 1. The van der Waals surface area contributed by atoms with Crippen LogP contribution in [0.3, 0.4) is 0 Å². The number of hydrogen-bond acceptors (Lipinski definition) is 3. The summed E-state index contributed by atoms with van der Waals surface area (Å²) in [5.41, 5.74) is 0.585. The van der Waals surface area contributed by atoms with E-state index in [-0.39, 0.29) is 23.5 Å². The molecule has 22 heavy (non-hydrogen) atoms. The molecule has 1 aliphatic carbocycles.